The van der Waals surface area contributed by atoms with Crippen molar-refractivity contribution in [3.05, 3.63) is 52.8 Å². The molecule has 0 bridgehead atoms. The number of benzene rings is 1. The first-order valence-electron chi connectivity index (χ1n) is 7.48. The minimum absolute atomic E-state index is 0.330. The van der Waals surface area contributed by atoms with E-state index in [2.05, 4.69) is 20.7 Å². The van der Waals surface area contributed by atoms with Crippen molar-refractivity contribution in [2.24, 2.45) is 0 Å². The number of rotatable bonds is 6. The molecule has 2 heterocycles. The largest absolute Gasteiger partial charge is 0.495 e. The van der Waals surface area contributed by atoms with Gasteiger partial charge in [-0.2, -0.15) is 5.10 Å². The first-order chi connectivity index (χ1) is 12.2. The van der Waals surface area contributed by atoms with E-state index in [1.54, 1.807) is 29.1 Å². The zero-order chi connectivity index (χ0) is 17.6. The molecule has 2 N–H and O–H groups in total. The summed E-state index contributed by atoms with van der Waals surface area (Å²) in [4.78, 5) is 16.5. The number of aromatic nitrogens is 3. The highest BCUT2D eigenvalue weighted by atomic mass is 35.5. The van der Waals surface area contributed by atoms with Crippen molar-refractivity contribution >= 4 is 34.7 Å². The number of nitrogens with zero attached hydrogens (tertiary/aromatic N) is 3. The Bertz CT molecular complexity index is 850. The number of halogens is 1. The third-order valence-electron chi connectivity index (χ3n) is 3.32. The molecule has 1 aromatic carbocycles. The number of hydrogen-bond donors (Lipinski definition) is 2. The van der Waals surface area contributed by atoms with E-state index in [-0.39, 0.29) is 6.03 Å². The zero-order valence-corrected chi connectivity index (χ0v) is 15.0. The summed E-state index contributed by atoms with van der Waals surface area (Å²) in [5.74, 6) is 0.544. The highest BCUT2D eigenvalue weighted by Crippen LogP contribution is 2.27. The first kappa shape index (κ1) is 17.2. The second-order valence-corrected chi connectivity index (χ2v) is 6.32. The van der Waals surface area contributed by atoms with Crippen molar-refractivity contribution in [1.82, 2.24) is 20.1 Å². The third kappa shape index (κ3) is 4.49. The van der Waals surface area contributed by atoms with Gasteiger partial charge >= 0.3 is 6.03 Å². The molecule has 130 valence electrons. The Hall–Kier alpha value is -2.58. The fourth-order valence-electron chi connectivity index (χ4n) is 2.15. The monoisotopic (exact) mass is 377 g/mol. The average Bonchev–Trinajstić information content (AvgIpc) is 3.26. The summed E-state index contributed by atoms with van der Waals surface area (Å²) in [5, 5.41) is 12.9. The highest BCUT2D eigenvalue weighted by Gasteiger charge is 2.09. The molecule has 0 aliphatic heterocycles. The van der Waals surface area contributed by atoms with Gasteiger partial charge in [0.25, 0.3) is 0 Å². The Kier molecular flexibility index (Phi) is 5.52. The molecule has 0 saturated carbocycles. The number of ether oxygens (including phenoxy) is 1. The summed E-state index contributed by atoms with van der Waals surface area (Å²) >= 11 is 7.45. The van der Waals surface area contributed by atoms with Crippen LogP contribution in [0.2, 0.25) is 5.02 Å². The Labute approximate surface area is 153 Å². The molecule has 25 heavy (non-hydrogen) atoms. The van der Waals surface area contributed by atoms with Gasteiger partial charge in [0, 0.05) is 35.8 Å². The van der Waals surface area contributed by atoms with Crippen LogP contribution >= 0.6 is 22.9 Å². The lowest BCUT2D eigenvalue weighted by Crippen LogP contribution is -2.30. The quantitative estimate of drug-likeness (QED) is 0.690. The molecular formula is C16H16ClN5O2S. The standard InChI is InChI=1S/C16H16ClN5O2S/c1-24-14-4-3-11(17)9-13(14)21-15(23)18-7-5-12-10-25-16(20-12)22-8-2-6-19-22/h2-4,6,8-10H,5,7H2,1H3,(H2,18,21,23). The highest BCUT2D eigenvalue weighted by molar-refractivity contribution is 7.12. The molecule has 3 aromatic rings. The van der Waals surface area contributed by atoms with E-state index in [0.717, 1.165) is 10.8 Å². The molecule has 7 nitrogen and oxygen atoms in total. The maximum Gasteiger partial charge on any atom is 0.319 e. The van der Waals surface area contributed by atoms with Gasteiger partial charge in [0.05, 0.1) is 18.5 Å². The lowest BCUT2D eigenvalue weighted by molar-refractivity contribution is 0.252. The molecule has 0 aliphatic carbocycles. The molecule has 0 atom stereocenters. The molecule has 2 amide bonds. The summed E-state index contributed by atoms with van der Waals surface area (Å²) in [5.41, 5.74) is 1.42. The van der Waals surface area contributed by atoms with Crippen molar-refractivity contribution < 1.29 is 9.53 Å². The molecule has 0 radical (unpaired) electrons. The van der Waals surface area contributed by atoms with Gasteiger partial charge < -0.3 is 15.4 Å². The maximum atomic E-state index is 12.0. The summed E-state index contributed by atoms with van der Waals surface area (Å²) in [7, 11) is 1.53. The van der Waals surface area contributed by atoms with E-state index in [4.69, 9.17) is 16.3 Å². The van der Waals surface area contributed by atoms with Gasteiger partial charge in [-0.1, -0.05) is 11.6 Å². The van der Waals surface area contributed by atoms with Crippen LogP contribution in [0.3, 0.4) is 0 Å². The van der Waals surface area contributed by atoms with Crippen LogP contribution in [0.5, 0.6) is 5.75 Å². The number of amides is 2. The minimum Gasteiger partial charge on any atom is -0.495 e. The van der Waals surface area contributed by atoms with Crippen LogP contribution in [0, 0.1) is 0 Å². The minimum atomic E-state index is -0.330. The van der Waals surface area contributed by atoms with E-state index < -0.39 is 0 Å². The summed E-state index contributed by atoms with van der Waals surface area (Å²) in [6.07, 6.45) is 4.17. The van der Waals surface area contributed by atoms with Crippen LogP contribution in [-0.2, 0) is 6.42 Å². The zero-order valence-electron chi connectivity index (χ0n) is 13.4. The Morgan fingerprint density at radius 1 is 1.44 bits per heavy atom. The molecule has 0 unspecified atom stereocenters. The molecule has 0 fully saturated rings. The number of anilines is 1. The van der Waals surface area contributed by atoms with Crippen LogP contribution in [0.15, 0.2) is 42.0 Å². The second-order valence-electron chi connectivity index (χ2n) is 5.05. The molecule has 9 heteroatoms. The van der Waals surface area contributed by atoms with Gasteiger partial charge in [-0.15, -0.1) is 11.3 Å². The summed E-state index contributed by atoms with van der Waals surface area (Å²) < 4.78 is 6.90. The van der Waals surface area contributed by atoms with E-state index in [0.29, 0.717) is 29.4 Å². The van der Waals surface area contributed by atoms with Crippen LogP contribution in [-0.4, -0.2) is 34.5 Å². The van der Waals surface area contributed by atoms with Gasteiger partial charge in [0.2, 0.25) is 5.13 Å². The Morgan fingerprint density at radius 3 is 3.08 bits per heavy atom. The maximum absolute atomic E-state index is 12.0. The molecular weight excluding hydrogens is 362 g/mol. The predicted octanol–water partition coefficient (Wildman–Crippen LogP) is 3.36. The Balaban J connectivity index is 1.51. The number of carbonyl (C=O) groups excluding carboxylic acids is 1. The third-order valence-corrected chi connectivity index (χ3v) is 4.43. The number of carbonyl (C=O) groups is 1. The Morgan fingerprint density at radius 2 is 2.32 bits per heavy atom. The van der Waals surface area contributed by atoms with E-state index in [1.165, 1.54) is 18.4 Å². The van der Waals surface area contributed by atoms with Gasteiger partial charge in [-0.25, -0.2) is 14.5 Å². The van der Waals surface area contributed by atoms with Gasteiger partial charge in [-0.3, -0.25) is 0 Å². The second kappa shape index (κ2) is 8.00. The van der Waals surface area contributed by atoms with Gasteiger partial charge in [0.15, 0.2) is 0 Å². The molecule has 2 aromatic heterocycles. The lowest BCUT2D eigenvalue weighted by atomic mass is 10.3. The summed E-state index contributed by atoms with van der Waals surface area (Å²) in [6, 6.07) is 6.55. The molecule has 0 spiro atoms. The van der Waals surface area contributed by atoms with Crippen molar-refractivity contribution in [3.8, 4) is 10.9 Å². The topological polar surface area (TPSA) is 81.1 Å². The first-order valence-corrected chi connectivity index (χ1v) is 8.74. The normalized spacial score (nSPS) is 10.5. The number of urea groups is 1. The van der Waals surface area contributed by atoms with E-state index in [1.807, 2.05) is 17.6 Å². The van der Waals surface area contributed by atoms with E-state index >= 15 is 0 Å². The van der Waals surface area contributed by atoms with E-state index in [9.17, 15) is 4.79 Å². The molecule has 0 saturated heterocycles. The smallest absolute Gasteiger partial charge is 0.319 e. The summed E-state index contributed by atoms with van der Waals surface area (Å²) in [6.45, 7) is 0.455. The van der Waals surface area contributed by atoms with Crippen LogP contribution in [0.25, 0.3) is 5.13 Å². The van der Waals surface area contributed by atoms with Crippen molar-refractivity contribution in [3.63, 3.8) is 0 Å². The van der Waals surface area contributed by atoms with Crippen LogP contribution < -0.4 is 15.4 Å². The average molecular weight is 378 g/mol. The number of methoxy groups -OCH3 is 1. The fourth-order valence-corrected chi connectivity index (χ4v) is 3.12. The molecule has 3 rings (SSSR count). The van der Waals surface area contributed by atoms with Crippen LogP contribution in [0.4, 0.5) is 10.5 Å². The number of nitrogens with one attached hydrogen (secondary N) is 2. The SMILES string of the molecule is COc1ccc(Cl)cc1NC(=O)NCCc1csc(-n2cccn2)n1. The van der Waals surface area contributed by atoms with Gasteiger partial charge in [-0.05, 0) is 24.3 Å². The predicted molar refractivity (Wildman–Crippen MR) is 98.0 cm³/mol. The number of hydrogen-bond acceptors (Lipinski definition) is 5. The van der Waals surface area contributed by atoms with Crippen molar-refractivity contribution in [2.45, 2.75) is 6.42 Å². The van der Waals surface area contributed by atoms with Crippen LogP contribution in [0.1, 0.15) is 5.69 Å². The lowest BCUT2D eigenvalue weighted by Gasteiger charge is -2.11. The fraction of sp³-hybridized carbons (Fsp3) is 0.188. The van der Waals surface area contributed by atoms with Crippen molar-refractivity contribution in [2.75, 3.05) is 19.0 Å². The molecule has 0 aliphatic rings. The number of thiazole rings is 1. The van der Waals surface area contributed by atoms with Gasteiger partial charge in [0.1, 0.15) is 5.75 Å². The van der Waals surface area contributed by atoms with Crippen molar-refractivity contribution in [1.29, 1.82) is 0 Å².